The van der Waals surface area contributed by atoms with E-state index in [4.69, 9.17) is 23.2 Å². The molecule has 0 atom stereocenters. The van der Waals surface area contributed by atoms with Crippen LogP contribution in [0.1, 0.15) is 5.69 Å². The summed E-state index contributed by atoms with van der Waals surface area (Å²) in [7, 11) is 0. The Hall–Kier alpha value is -1.58. The van der Waals surface area contributed by atoms with E-state index in [1.54, 1.807) is 6.07 Å². The second-order valence-electron chi connectivity index (χ2n) is 4.02. The van der Waals surface area contributed by atoms with Crippen LogP contribution in [0.5, 0.6) is 0 Å². The van der Waals surface area contributed by atoms with Gasteiger partial charge < -0.3 is 4.98 Å². The van der Waals surface area contributed by atoms with Crippen LogP contribution in [0.4, 0.5) is 0 Å². The molecule has 1 aromatic carbocycles. The lowest BCUT2D eigenvalue weighted by Gasteiger charge is -2.02. The highest BCUT2D eigenvalue weighted by Crippen LogP contribution is 2.32. The summed E-state index contributed by atoms with van der Waals surface area (Å²) in [5, 5.41) is 1.60. The van der Waals surface area contributed by atoms with E-state index >= 15 is 0 Å². The summed E-state index contributed by atoms with van der Waals surface area (Å²) < 4.78 is 0. The zero-order chi connectivity index (χ0) is 12.7. The molecule has 0 amide bonds. The maximum atomic E-state index is 5.92. The fourth-order valence-corrected chi connectivity index (χ4v) is 2.53. The number of nitrogens with one attached hydrogen (secondary N) is 1. The number of para-hydroxylation sites is 1. The smallest absolute Gasteiger partial charge is 0.224 e. The van der Waals surface area contributed by atoms with Gasteiger partial charge in [0, 0.05) is 28.2 Å². The molecule has 0 bridgehead atoms. The molecule has 18 heavy (non-hydrogen) atoms. The minimum absolute atomic E-state index is 0.155. The number of hydrogen-bond acceptors (Lipinski definition) is 2. The van der Waals surface area contributed by atoms with E-state index in [1.807, 2.05) is 31.2 Å². The second-order valence-corrected chi connectivity index (χ2v) is 4.74. The fourth-order valence-electron chi connectivity index (χ4n) is 2.12. The van der Waals surface area contributed by atoms with Crippen molar-refractivity contribution in [3.05, 3.63) is 46.5 Å². The molecule has 3 nitrogen and oxygen atoms in total. The monoisotopic (exact) mass is 277 g/mol. The third kappa shape index (κ3) is 1.85. The van der Waals surface area contributed by atoms with Gasteiger partial charge in [-0.1, -0.05) is 29.8 Å². The zero-order valence-electron chi connectivity index (χ0n) is 9.54. The Morgan fingerprint density at radius 1 is 1.11 bits per heavy atom. The summed E-state index contributed by atoms with van der Waals surface area (Å²) >= 11 is 11.8. The first-order valence-electron chi connectivity index (χ1n) is 5.43. The summed E-state index contributed by atoms with van der Waals surface area (Å²) in [6.45, 7) is 2.00. The molecule has 0 aliphatic heterocycles. The van der Waals surface area contributed by atoms with Gasteiger partial charge in [0.1, 0.15) is 5.15 Å². The van der Waals surface area contributed by atoms with Gasteiger partial charge >= 0.3 is 0 Å². The summed E-state index contributed by atoms with van der Waals surface area (Å²) in [5.41, 5.74) is 3.84. The van der Waals surface area contributed by atoms with Crippen molar-refractivity contribution in [3.63, 3.8) is 0 Å². The molecule has 0 radical (unpaired) electrons. The molecule has 0 aliphatic carbocycles. The third-order valence-corrected chi connectivity index (χ3v) is 3.18. The number of rotatable bonds is 1. The van der Waals surface area contributed by atoms with E-state index in [0.29, 0.717) is 5.15 Å². The van der Waals surface area contributed by atoms with Gasteiger partial charge in [-0.15, -0.1) is 0 Å². The van der Waals surface area contributed by atoms with Gasteiger partial charge in [0.25, 0.3) is 0 Å². The third-order valence-electron chi connectivity index (χ3n) is 2.82. The minimum atomic E-state index is 0.155. The van der Waals surface area contributed by atoms with E-state index in [2.05, 4.69) is 15.0 Å². The van der Waals surface area contributed by atoms with Crippen molar-refractivity contribution < 1.29 is 0 Å². The Kier molecular flexibility index (Phi) is 2.73. The highest BCUT2D eigenvalue weighted by atomic mass is 35.5. The van der Waals surface area contributed by atoms with Gasteiger partial charge in [-0.3, -0.25) is 0 Å². The number of halogens is 2. The lowest BCUT2D eigenvalue weighted by molar-refractivity contribution is 1.17. The average molecular weight is 278 g/mol. The Morgan fingerprint density at radius 3 is 2.67 bits per heavy atom. The van der Waals surface area contributed by atoms with Gasteiger partial charge in [0.15, 0.2) is 0 Å². The molecule has 2 aromatic heterocycles. The number of fused-ring (bicyclic) bond motifs is 1. The summed E-state index contributed by atoms with van der Waals surface area (Å²) in [4.78, 5) is 11.4. The fraction of sp³-hybridized carbons (Fsp3) is 0.0769. The maximum Gasteiger partial charge on any atom is 0.224 e. The summed E-state index contributed by atoms with van der Waals surface area (Å²) in [6, 6.07) is 9.76. The van der Waals surface area contributed by atoms with E-state index in [-0.39, 0.29) is 5.28 Å². The lowest BCUT2D eigenvalue weighted by Crippen LogP contribution is -1.89. The number of benzene rings is 1. The Bertz CT molecular complexity index is 714. The molecule has 5 heteroatoms. The molecule has 0 fully saturated rings. The number of nitrogens with zero attached hydrogens (tertiary/aromatic N) is 2. The van der Waals surface area contributed by atoms with Crippen molar-refractivity contribution in [3.8, 4) is 11.3 Å². The van der Waals surface area contributed by atoms with Crippen molar-refractivity contribution in [1.82, 2.24) is 15.0 Å². The van der Waals surface area contributed by atoms with E-state index in [0.717, 1.165) is 27.9 Å². The van der Waals surface area contributed by atoms with Crippen LogP contribution >= 0.6 is 23.2 Å². The van der Waals surface area contributed by atoms with Crippen LogP contribution < -0.4 is 0 Å². The number of aromatic amines is 1. The van der Waals surface area contributed by atoms with Gasteiger partial charge in [-0.05, 0) is 24.6 Å². The largest absolute Gasteiger partial charge is 0.358 e. The highest BCUT2D eigenvalue weighted by Gasteiger charge is 2.13. The van der Waals surface area contributed by atoms with Crippen LogP contribution in [0, 0.1) is 6.92 Å². The van der Waals surface area contributed by atoms with Crippen molar-refractivity contribution >= 4 is 34.1 Å². The van der Waals surface area contributed by atoms with Crippen LogP contribution in [0.25, 0.3) is 22.2 Å². The standard InChI is InChI=1S/C13H9Cl2N3/c1-7-12(8-4-2-3-5-9(8)16-7)10-6-11(14)18-13(15)17-10/h2-6,16H,1H3. The molecule has 0 spiro atoms. The number of aryl methyl sites for hydroxylation is 1. The van der Waals surface area contributed by atoms with Crippen LogP contribution in [0.15, 0.2) is 30.3 Å². The molecule has 1 N–H and O–H groups in total. The molecule has 2 heterocycles. The Labute approximate surface area is 114 Å². The maximum absolute atomic E-state index is 5.92. The van der Waals surface area contributed by atoms with Crippen molar-refractivity contribution in [2.45, 2.75) is 6.92 Å². The quantitative estimate of drug-likeness (QED) is 0.534. The van der Waals surface area contributed by atoms with E-state index in [1.165, 1.54) is 0 Å². The van der Waals surface area contributed by atoms with Gasteiger partial charge in [-0.2, -0.15) is 0 Å². The summed E-state index contributed by atoms with van der Waals surface area (Å²) in [6.07, 6.45) is 0. The summed E-state index contributed by atoms with van der Waals surface area (Å²) in [5.74, 6) is 0. The van der Waals surface area contributed by atoms with Crippen LogP contribution in [0.2, 0.25) is 10.4 Å². The Morgan fingerprint density at radius 2 is 1.89 bits per heavy atom. The molecule has 3 aromatic rings. The molecule has 0 saturated heterocycles. The van der Waals surface area contributed by atoms with Gasteiger partial charge in [0.05, 0.1) is 5.69 Å². The average Bonchev–Trinajstić information content (AvgIpc) is 2.63. The Balaban J connectivity index is 2.34. The first-order chi connectivity index (χ1) is 8.65. The van der Waals surface area contributed by atoms with Gasteiger partial charge in [0.2, 0.25) is 5.28 Å². The predicted molar refractivity (Wildman–Crippen MR) is 74.1 cm³/mol. The number of H-pyrrole nitrogens is 1. The zero-order valence-corrected chi connectivity index (χ0v) is 11.0. The van der Waals surface area contributed by atoms with E-state index in [9.17, 15) is 0 Å². The molecule has 0 aliphatic rings. The molecule has 0 unspecified atom stereocenters. The SMILES string of the molecule is Cc1[nH]c2ccccc2c1-c1cc(Cl)nc(Cl)n1. The van der Waals surface area contributed by atoms with Crippen molar-refractivity contribution in [2.24, 2.45) is 0 Å². The van der Waals surface area contributed by atoms with Gasteiger partial charge in [-0.25, -0.2) is 9.97 Å². The van der Waals surface area contributed by atoms with Crippen molar-refractivity contribution in [1.29, 1.82) is 0 Å². The topological polar surface area (TPSA) is 41.6 Å². The van der Waals surface area contributed by atoms with Crippen LogP contribution in [-0.2, 0) is 0 Å². The predicted octanol–water partition coefficient (Wildman–Crippen LogP) is 4.24. The molecule has 90 valence electrons. The van der Waals surface area contributed by atoms with Crippen LogP contribution in [0.3, 0.4) is 0 Å². The number of hydrogen-bond donors (Lipinski definition) is 1. The van der Waals surface area contributed by atoms with E-state index < -0.39 is 0 Å². The lowest BCUT2D eigenvalue weighted by atomic mass is 10.1. The van der Waals surface area contributed by atoms with Crippen LogP contribution in [-0.4, -0.2) is 15.0 Å². The molecular formula is C13H9Cl2N3. The molecule has 0 saturated carbocycles. The normalized spacial score (nSPS) is 11.1. The molecule has 3 rings (SSSR count). The minimum Gasteiger partial charge on any atom is -0.358 e. The first kappa shape index (κ1) is 11.5. The molecular weight excluding hydrogens is 269 g/mol. The van der Waals surface area contributed by atoms with Crippen molar-refractivity contribution in [2.75, 3.05) is 0 Å². The second kappa shape index (κ2) is 4.26. The highest BCUT2D eigenvalue weighted by molar-refractivity contribution is 6.32. The first-order valence-corrected chi connectivity index (χ1v) is 6.18. The number of aromatic nitrogens is 3.